The fraction of sp³-hybridized carbons (Fsp3) is 0.273. The predicted octanol–water partition coefficient (Wildman–Crippen LogP) is 5.09. The van der Waals surface area contributed by atoms with Gasteiger partial charge in [0.1, 0.15) is 5.75 Å². The molecule has 1 saturated heterocycles. The second-order valence-corrected chi connectivity index (χ2v) is 8.36. The summed E-state index contributed by atoms with van der Waals surface area (Å²) >= 11 is 6.14. The number of halogens is 4. The van der Waals surface area contributed by atoms with E-state index in [1.807, 2.05) is 12.1 Å². The first-order valence-electron chi connectivity index (χ1n) is 9.79. The smallest absolute Gasteiger partial charge is 0.416 e. The number of aromatic nitrogens is 1. The van der Waals surface area contributed by atoms with Crippen LogP contribution in [0.1, 0.15) is 23.7 Å². The third kappa shape index (κ3) is 2.67. The maximum absolute atomic E-state index is 13.6. The quantitative estimate of drug-likeness (QED) is 0.538. The molecule has 0 spiro atoms. The average molecular weight is 464 g/mol. The minimum Gasteiger partial charge on any atom is -0.497 e. The summed E-state index contributed by atoms with van der Waals surface area (Å²) in [5.41, 5.74) is -0.507. The molecule has 0 bridgehead atoms. The maximum Gasteiger partial charge on any atom is 0.416 e. The van der Waals surface area contributed by atoms with Crippen molar-refractivity contribution in [1.82, 2.24) is 9.88 Å². The number of alkyl halides is 3. The fourth-order valence-corrected chi connectivity index (χ4v) is 4.82. The molecule has 10 heteroatoms. The Labute approximate surface area is 185 Å². The van der Waals surface area contributed by atoms with Gasteiger partial charge >= 0.3 is 12.2 Å². The Bertz CT molecular complexity index is 1300. The highest BCUT2D eigenvalue weighted by Crippen LogP contribution is 2.47. The van der Waals surface area contributed by atoms with Gasteiger partial charge in [-0.2, -0.15) is 13.2 Å². The summed E-state index contributed by atoms with van der Waals surface area (Å²) in [6, 6.07) is 7.34. The van der Waals surface area contributed by atoms with Crippen LogP contribution in [0.5, 0.6) is 5.75 Å². The highest BCUT2D eigenvalue weighted by molar-refractivity contribution is 6.36. The Balaban J connectivity index is 1.67. The summed E-state index contributed by atoms with van der Waals surface area (Å²) in [6.45, 7) is 1.82. The number of hydrogen-bond acceptors (Lipinski definition) is 3. The molecule has 0 unspecified atom stereocenters. The van der Waals surface area contributed by atoms with E-state index < -0.39 is 29.2 Å². The first kappa shape index (κ1) is 20.7. The summed E-state index contributed by atoms with van der Waals surface area (Å²) < 4.78 is 45.1. The molecule has 0 radical (unpaired) electrons. The second-order valence-electron chi connectivity index (χ2n) is 7.95. The number of aromatic amines is 1. The highest BCUT2D eigenvalue weighted by Gasteiger charge is 2.59. The van der Waals surface area contributed by atoms with E-state index in [0.29, 0.717) is 17.9 Å². The summed E-state index contributed by atoms with van der Waals surface area (Å²) in [5.74, 6) is -0.0127. The van der Waals surface area contributed by atoms with Gasteiger partial charge in [0.2, 0.25) is 0 Å². The molecule has 3 heterocycles. The van der Waals surface area contributed by atoms with Gasteiger partial charge in [0.15, 0.2) is 5.54 Å². The number of benzene rings is 2. The van der Waals surface area contributed by atoms with Crippen molar-refractivity contribution in [3.8, 4) is 5.75 Å². The van der Waals surface area contributed by atoms with E-state index in [1.165, 1.54) is 4.90 Å². The van der Waals surface area contributed by atoms with Gasteiger partial charge in [-0.05, 0) is 55.3 Å². The molecule has 3 aromatic rings. The summed E-state index contributed by atoms with van der Waals surface area (Å²) in [5, 5.41) is 0.751. The molecule has 3 amide bonds. The number of H-pyrrole nitrogens is 1. The molecule has 1 atom stereocenters. The number of rotatable bonds is 2. The largest absolute Gasteiger partial charge is 0.497 e. The lowest BCUT2D eigenvalue weighted by atomic mass is 9.87. The van der Waals surface area contributed by atoms with Gasteiger partial charge < -0.3 is 14.6 Å². The number of ether oxygens (including phenoxy) is 1. The lowest BCUT2D eigenvalue weighted by Crippen LogP contribution is -2.49. The van der Waals surface area contributed by atoms with E-state index in [0.717, 1.165) is 39.6 Å². The summed E-state index contributed by atoms with van der Waals surface area (Å²) in [4.78, 5) is 32.2. The number of imide groups is 1. The Kier molecular flexibility index (Phi) is 4.30. The molecule has 0 aliphatic carbocycles. The number of fused-ring (bicyclic) bond motifs is 5. The van der Waals surface area contributed by atoms with Crippen LogP contribution in [0, 0.1) is 0 Å². The topological polar surface area (TPSA) is 65.6 Å². The highest BCUT2D eigenvalue weighted by atomic mass is 35.5. The minimum atomic E-state index is -4.65. The van der Waals surface area contributed by atoms with Gasteiger partial charge in [0.05, 0.1) is 29.1 Å². The molecule has 5 rings (SSSR count). The van der Waals surface area contributed by atoms with Gasteiger partial charge in [-0.15, -0.1) is 0 Å². The number of nitrogens with zero attached hydrogens (tertiary/aromatic N) is 2. The fourth-order valence-electron chi connectivity index (χ4n) is 4.62. The molecule has 1 fully saturated rings. The van der Waals surface area contributed by atoms with Crippen molar-refractivity contribution < 1.29 is 27.5 Å². The number of methoxy groups -OCH3 is 1. The van der Waals surface area contributed by atoms with Gasteiger partial charge in [-0.1, -0.05) is 11.6 Å². The van der Waals surface area contributed by atoms with Crippen LogP contribution in [0.4, 0.5) is 23.7 Å². The van der Waals surface area contributed by atoms with Crippen LogP contribution in [-0.2, 0) is 22.9 Å². The van der Waals surface area contributed by atoms with E-state index in [2.05, 4.69) is 4.98 Å². The number of hydrogen-bond donors (Lipinski definition) is 1. The number of nitrogens with one attached hydrogen (secondary N) is 1. The third-order valence-electron chi connectivity index (χ3n) is 6.28. The van der Waals surface area contributed by atoms with Crippen molar-refractivity contribution in [1.29, 1.82) is 0 Å². The molecular formula is C22H17ClF3N3O3. The Hall–Kier alpha value is -3.20. The Morgan fingerprint density at radius 3 is 2.59 bits per heavy atom. The molecule has 1 N–H and O–H groups in total. The molecule has 32 heavy (non-hydrogen) atoms. The molecule has 2 aliphatic heterocycles. The Morgan fingerprint density at radius 1 is 1.16 bits per heavy atom. The normalized spacial score (nSPS) is 20.7. The van der Waals surface area contributed by atoms with Crippen molar-refractivity contribution in [3.63, 3.8) is 0 Å². The lowest BCUT2D eigenvalue weighted by molar-refractivity contribution is -0.137. The zero-order chi connectivity index (χ0) is 23.0. The summed E-state index contributed by atoms with van der Waals surface area (Å²) in [7, 11) is 1.55. The van der Waals surface area contributed by atoms with E-state index in [9.17, 15) is 22.8 Å². The first-order valence-corrected chi connectivity index (χ1v) is 10.2. The molecule has 6 nitrogen and oxygen atoms in total. The molecule has 2 aromatic carbocycles. The molecular weight excluding hydrogens is 447 g/mol. The number of carbonyl (C=O) groups is 2. The SMILES string of the molecule is COc1ccc2[nH]c3c(c2c1)CCN1C(=O)N(c2cc(C(F)(F)F)ccc2Cl)C(=O)[C@]31C. The van der Waals surface area contributed by atoms with Crippen LogP contribution in [0.25, 0.3) is 10.9 Å². The van der Waals surface area contributed by atoms with Crippen LogP contribution < -0.4 is 9.64 Å². The van der Waals surface area contributed by atoms with Crippen LogP contribution >= 0.6 is 11.6 Å². The average Bonchev–Trinajstić information content (AvgIpc) is 3.21. The number of anilines is 1. The molecule has 0 saturated carbocycles. The number of amides is 3. The third-order valence-corrected chi connectivity index (χ3v) is 6.60. The van der Waals surface area contributed by atoms with Crippen molar-refractivity contribution >= 4 is 40.1 Å². The second kappa shape index (κ2) is 6.65. The summed E-state index contributed by atoms with van der Waals surface area (Å²) in [6.07, 6.45) is -4.17. The van der Waals surface area contributed by atoms with Gasteiger partial charge in [0.25, 0.3) is 5.91 Å². The monoisotopic (exact) mass is 463 g/mol. The van der Waals surface area contributed by atoms with E-state index in [1.54, 1.807) is 20.1 Å². The zero-order valence-electron chi connectivity index (χ0n) is 17.0. The van der Waals surface area contributed by atoms with Crippen molar-refractivity contribution in [3.05, 3.63) is 58.2 Å². The van der Waals surface area contributed by atoms with E-state index in [-0.39, 0.29) is 17.3 Å². The predicted molar refractivity (Wildman–Crippen MR) is 112 cm³/mol. The van der Waals surface area contributed by atoms with Gasteiger partial charge in [-0.3, -0.25) is 4.79 Å². The van der Waals surface area contributed by atoms with Crippen LogP contribution in [0.3, 0.4) is 0 Å². The van der Waals surface area contributed by atoms with Crippen molar-refractivity contribution in [2.75, 3.05) is 18.6 Å². The van der Waals surface area contributed by atoms with Crippen LogP contribution in [0.15, 0.2) is 36.4 Å². The minimum absolute atomic E-state index is 0.121. The van der Waals surface area contributed by atoms with Crippen molar-refractivity contribution in [2.45, 2.75) is 25.1 Å². The maximum atomic E-state index is 13.6. The zero-order valence-corrected chi connectivity index (χ0v) is 17.8. The van der Waals surface area contributed by atoms with Gasteiger partial charge in [0, 0.05) is 17.4 Å². The van der Waals surface area contributed by atoms with Gasteiger partial charge in [-0.25, -0.2) is 9.69 Å². The van der Waals surface area contributed by atoms with Crippen LogP contribution in [0.2, 0.25) is 5.02 Å². The lowest BCUT2D eigenvalue weighted by Gasteiger charge is -2.35. The Morgan fingerprint density at radius 2 is 1.91 bits per heavy atom. The van der Waals surface area contributed by atoms with Crippen LogP contribution in [-0.4, -0.2) is 35.5 Å². The first-order chi connectivity index (χ1) is 15.1. The molecule has 166 valence electrons. The number of carbonyl (C=O) groups excluding carboxylic acids is 2. The number of urea groups is 1. The van der Waals surface area contributed by atoms with E-state index in [4.69, 9.17) is 16.3 Å². The standard InChI is InChI=1S/C22H17ClF3N3O3/c1-21-18-13(14-10-12(32-2)4-6-16(14)27-18)7-8-28(21)20(31)29(19(21)30)17-9-11(22(24,25)26)3-5-15(17)23/h3-6,9-10,27H,7-8H2,1-2H3/t21-/m0/s1. The molecule has 2 aliphatic rings. The van der Waals surface area contributed by atoms with E-state index >= 15 is 0 Å². The molecule has 1 aromatic heterocycles. The van der Waals surface area contributed by atoms with Crippen molar-refractivity contribution in [2.24, 2.45) is 0 Å².